The van der Waals surface area contributed by atoms with Gasteiger partial charge in [0, 0.05) is 0 Å². The lowest BCUT2D eigenvalue weighted by molar-refractivity contribution is 0.147. The maximum absolute atomic E-state index is 10.3. The topological polar surface area (TPSA) is 20.2 Å². The van der Waals surface area contributed by atoms with Gasteiger partial charge in [0.1, 0.15) is 0 Å². The van der Waals surface area contributed by atoms with Gasteiger partial charge in [-0.1, -0.05) is 159 Å². The maximum atomic E-state index is 10.3. The van der Waals surface area contributed by atoms with Gasteiger partial charge in [0.15, 0.2) is 0 Å². The highest BCUT2D eigenvalue weighted by molar-refractivity contribution is 4.96. The van der Waals surface area contributed by atoms with Gasteiger partial charge in [-0.05, 0) is 70.6 Å². The zero-order chi connectivity index (χ0) is 27.6. The standard InChI is InChI=1S/C37H68O/c1-3-5-7-9-11-13-15-17-19-21-23-25-27-29-31-33-35-37(38)36-34-32-30-28-26-24-22-20-18-16-14-12-10-8-6-4-2/h5,7,11,13,17-20,37-38H,3-4,6,8-10,12,14-16,21-36H2,1-2H3/b7-5?,13-11-,19-17-,20-18-/t37-/m1/s1. The molecule has 0 bridgehead atoms. The fraction of sp³-hybridized carbons (Fsp3) is 0.784. The Morgan fingerprint density at radius 2 is 0.737 bits per heavy atom. The van der Waals surface area contributed by atoms with Gasteiger partial charge in [0.25, 0.3) is 0 Å². The van der Waals surface area contributed by atoms with Crippen molar-refractivity contribution in [2.45, 2.75) is 187 Å². The third-order valence-electron chi connectivity index (χ3n) is 7.49. The van der Waals surface area contributed by atoms with Crippen LogP contribution in [0.4, 0.5) is 0 Å². The molecule has 1 N–H and O–H groups in total. The van der Waals surface area contributed by atoms with Crippen LogP contribution in [0.5, 0.6) is 0 Å². The van der Waals surface area contributed by atoms with Crippen molar-refractivity contribution in [1.29, 1.82) is 0 Å². The largest absolute Gasteiger partial charge is 0.393 e. The molecule has 0 aromatic carbocycles. The third-order valence-corrected chi connectivity index (χ3v) is 7.49. The summed E-state index contributed by atoms with van der Waals surface area (Å²) in [7, 11) is 0. The first-order valence-electron chi connectivity index (χ1n) is 17.1. The Bertz CT molecular complexity index is 541. The van der Waals surface area contributed by atoms with Crippen LogP contribution in [-0.2, 0) is 0 Å². The highest BCUT2D eigenvalue weighted by atomic mass is 16.3. The van der Waals surface area contributed by atoms with E-state index in [0.717, 1.165) is 32.1 Å². The number of hydrogen-bond donors (Lipinski definition) is 1. The summed E-state index contributed by atoms with van der Waals surface area (Å²) in [5.74, 6) is 0. The zero-order valence-electron chi connectivity index (χ0n) is 26.0. The molecule has 38 heavy (non-hydrogen) atoms. The zero-order valence-corrected chi connectivity index (χ0v) is 26.0. The molecule has 0 unspecified atom stereocenters. The highest BCUT2D eigenvalue weighted by Gasteiger charge is 2.03. The van der Waals surface area contributed by atoms with Crippen LogP contribution in [0.1, 0.15) is 181 Å². The Morgan fingerprint density at radius 3 is 1.18 bits per heavy atom. The van der Waals surface area contributed by atoms with Crippen LogP contribution in [0.2, 0.25) is 0 Å². The summed E-state index contributed by atoms with van der Waals surface area (Å²) in [6.45, 7) is 4.46. The molecule has 0 saturated heterocycles. The molecule has 0 amide bonds. The predicted octanol–water partition coefficient (Wildman–Crippen LogP) is 12.8. The highest BCUT2D eigenvalue weighted by Crippen LogP contribution is 2.15. The van der Waals surface area contributed by atoms with Crippen LogP contribution in [-0.4, -0.2) is 11.2 Å². The van der Waals surface area contributed by atoms with E-state index in [2.05, 4.69) is 62.5 Å². The van der Waals surface area contributed by atoms with Gasteiger partial charge in [-0.3, -0.25) is 0 Å². The van der Waals surface area contributed by atoms with E-state index in [-0.39, 0.29) is 6.10 Å². The van der Waals surface area contributed by atoms with E-state index in [1.165, 1.54) is 135 Å². The average Bonchev–Trinajstić information content (AvgIpc) is 2.92. The molecule has 0 radical (unpaired) electrons. The van der Waals surface area contributed by atoms with Crippen LogP contribution in [0, 0.1) is 0 Å². The van der Waals surface area contributed by atoms with Crippen molar-refractivity contribution in [3.05, 3.63) is 48.6 Å². The molecule has 0 saturated carbocycles. The number of aliphatic hydroxyl groups excluding tert-OH is 1. The number of hydrogen-bond acceptors (Lipinski definition) is 1. The van der Waals surface area contributed by atoms with Gasteiger partial charge in [0.05, 0.1) is 6.10 Å². The molecule has 0 aliphatic carbocycles. The first-order chi connectivity index (χ1) is 18.8. The normalized spacial score (nSPS) is 13.2. The fourth-order valence-corrected chi connectivity index (χ4v) is 4.95. The lowest BCUT2D eigenvalue weighted by Gasteiger charge is -2.10. The summed E-state index contributed by atoms with van der Waals surface area (Å²) < 4.78 is 0. The smallest absolute Gasteiger partial charge is 0.0540 e. The van der Waals surface area contributed by atoms with Gasteiger partial charge in [0.2, 0.25) is 0 Å². The number of allylic oxidation sites excluding steroid dienone is 8. The fourth-order valence-electron chi connectivity index (χ4n) is 4.95. The van der Waals surface area contributed by atoms with E-state index in [0.29, 0.717) is 0 Å². The second-order valence-electron chi connectivity index (χ2n) is 11.4. The van der Waals surface area contributed by atoms with Crippen molar-refractivity contribution in [3.8, 4) is 0 Å². The molecule has 0 aliphatic heterocycles. The minimum absolute atomic E-state index is 0.0614. The summed E-state index contributed by atoms with van der Waals surface area (Å²) in [6, 6.07) is 0. The predicted molar refractivity (Wildman–Crippen MR) is 174 cm³/mol. The quantitative estimate of drug-likeness (QED) is 0.0726. The Kier molecular flexibility index (Phi) is 33.0. The third kappa shape index (κ3) is 32.9. The van der Waals surface area contributed by atoms with Crippen LogP contribution in [0.3, 0.4) is 0 Å². The molecule has 0 fully saturated rings. The molecule has 0 spiro atoms. The van der Waals surface area contributed by atoms with Crippen LogP contribution < -0.4 is 0 Å². The van der Waals surface area contributed by atoms with Gasteiger partial charge < -0.3 is 5.11 Å². The second kappa shape index (κ2) is 33.9. The first-order valence-corrected chi connectivity index (χ1v) is 17.1. The van der Waals surface area contributed by atoms with E-state index >= 15 is 0 Å². The van der Waals surface area contributed by atoms with Crippen molar-refractivity contribution in [3.63, 3.8) is 0 Å². The Labute approximate surface area is 240 Å². The Morgan fingerprint density at radius 1 is 0.395 bits per heavy atom. The van der Waals surface area contributed by atoms with Gasteiger partial charge >= 0.3 is 0 Å². The van der Waals surface area contributed by atoms with Gasteiger partial charge in [-0.2, -0.15) is 0 Å². The maximum Gasteiger partial charge on any atom is 0.0540 e. The lowest BCUT2D eigenvalue weighted by atomic mass is 10.0. The van der Waals surface area contributed by atoms with Gasteiger partial charge in [-0.15, -0.1) is 0 Å². The SMILES string of the molecule is CCC=CC/C=C\C/C=C\CCCCCCCC[C@@H](O)CCCCCCCC/C=C\CCCCCCCC. The van der Waals surface area contributed by atoms with E-state index in [1.807, 2.05) is 0 Å². The van der Waals surface area contributed by atoms with Crippen molar-refractivity contribution in [2.24, 2.45) is 0 Å². The number of aliphatic hydroxyl groups is 1. The minimum Gasteiger partial charge on any atom is -0.393 e. The monoisotopic (exact) mass is 529 g/mol. The Hall–Kier alpha value is -1.08. The second-order valence-corrected chi connectivity index (χ2v) is 11.4. The average molecular weight is 529 g/mol. The minimum atomic E-state index is -0.0614. The first kappa shape index (κ1) is 36.9. The van der Waals surface area contributed by atoms with Crippen LogP contribution in [0.25, 0.3) is 0 Å². The number of rotatable bonds is 30. The molecule has 1 atom stereocenters. The molecule has 0 heterocycles. The molecule has 0 aliphatic rings. The number of unbranched alkanes of at least 4 members (excludes halogenated alkanes) is 18. The summed E-state index contributed by atoms with van der Waals surface area (Å²) in [5, 5.41) is 10.3. The summed E-state index contributed by atoms with van der Waals surface area (Å²) in [6.07, 6.45) is 51.6. The molecular formula is C37H68O. The van der Waals surface area contributed by atoms with Crippen molar-refractivity contribution in [1.82, 2.24) is 0 Å². The van der Waals surface area contributed by atoms with Crippen LogP contribution >= 0.6 is 0 Å². The molecule has 0 aromatic rings. The summed E-state index contributed by atoms with van der Waals surface area (Å²) in [4.78, 5) is 0. The lowest BCUT2D eigenvalue weighted by Crippen LogP contribution is -2.05. The van der Waals surface area contributed by atoms with Gasteiger partial charge in [-0.25, -0.2) is 0 Å². The summed E-state index contributed by atoms with van der Waals surface area (Å²) >= 11 is 0. The van der Waals surface area contributed by atoms with Crippen molar-refractivity contribution >= 4 is 0 Å². The van der Waals surface area contributed by atoms with E-state index in [1.54, 1.807) is 0 Å². The molecule has 1 nitrogen and oxygen atoms in total. The van der Waals surface area contributed by atoms with E-state index < -0.39 is 0 Å². The van der Waals surface area contributed by atoms with E-state index in [9.17, 15) is 5.11 Å². The van der Waals surface area contributed by atoms with Crippen LogP contribution in [0.15, 0.2) is 48.6 Å². The van der Waals surface area contributed by atoms with Crippen molar-refractivity contribution in [2.75, 3.05) is 0 Å². The summed E-state index contributed by atoms with van der Waals surface area (Å²) in [5.41, 5.74) is 0. The molecular weight excluding hydrogens is 460 g/mol. The molecule has 222 valence electrons. The molecule has 0 rings (SSSR count). The van der Waals surface area contributed by atoms with E-state index in [4.69, 9.17) is 0 Å². The molecule has 1 heteroatoms. The Balaban J connectivity index is 3.27. The molecule has 0 aromatic heterocycles. The van der Waals surface area contributed by atoms with Crippen molar-refractivity contribution < 1.29 is 5.11 Å².